The van der Waals surface area contributed by atoms with Gasteiger partial charge < -0.3 is 10.6 Å². The molecule has 5 nitrogen and oxygen atoms in total. The van der Waals surface area contributed by atoms with Crippen molar-refractivity contribution in [3.8, 4) is 0 Å². The van der Waals surface area contributed by atoms with Crippen LogP contribution in [0, 0.1) is 0 Å². The second-order valence-electron chi connectivity index (χ2n) is 6.14. The average molecular weight is 356 g/mol. The zero-order valence-electron chi connectivity index (χ0n) is 14.2. The Morgan fingerprint density at radius 1 is 1.16 bits per heavy atom. The summed E-state index contributed by atoms with van der Waals surface area (Å²) in [4.78, 5) is 24.5. The summed E-state index contributed by atoms with van der Waals surface area (Å²) < 4.78 is 11.4. The van der Waals surface area contributed by atoms with Gasteiger partial charge in [0.25, 0.3) is 5.91 Å². The Morgan fingerprint density at radius 2 is 1.88 bits per heavy atom. The molecule has 3 rings (SSSR count). The number of rotatable bonds is 4. The van der Waals surface area contributed by atoms with Gasteiger partial charge in [-0.15, -0.1) is 0 Å². The van der Waals surface area contributed by atoms with Gasteiger partial charge in [-0.2, -0.15) is 0 Å². The minimum atomic E-state index is -1.06. The van der Waals surface area contributed by atoms with Gasteiger partial charge in [-0.05, 0) is 54.8 Å². The maximum Gasteiger partial charge on any atom is 0.251 e. The minimum Gasteiger partial charge on any atom is -0.346 e. The van der Waals surface area contributed by atoms with E-state index in [1.165, 1.54) is 0 Å². The number of carbonyl (C=O) groups excluding carboxylic acids is 2. The molecule has 2 atom stereocenters. The molecule has 2 aromatic rings. The van der Waals surface area contributed by atoms with Crippen LogP contribution in [-0.2, 0) is 22.0 Å². The SMILES string of the molecule is C[C@@H](NC(=O)c1ccc([S@@](C)=O)cc1)c1ccc2c(c1)CCC(=O)N2. The average Bonchev–Trinajstić information content (AvgIpc) is 2.61. The van der Waals surface area contributed by atoms with Crippen LogP contribution in [0.5, 0.6) is 0 Å². The highest BCUT2D eigenvalue weighted by atomic mass is 32.2. The third-order valence-corrected chi connectivity index (χ3v) is 5.26. The molecule has 0 bridgehead atoms. The van der Waals surface area contributed by atoms with Crippen LogP contribution in [0.3, 0.4) is 0 Å². The molecule has 2 aromatic carbocycles. The summed E-state index contributed by atoms with van der Waals surface area (Å²) in [5.41, 5.74) is 3.47. The normalized spacial score (nSPS) is 15.7. The third-order valence-electron chi connectivity index (χ3n) is 4.32. The molecule has 0 spiro atoms. The lowest BCUT2D eigenvalue weighted by Crippen LogP contribution is -2.27. The Labute approximate surface area is 149 Å². The predicted octanol–water partition coefficient (Wildman–Crippen LogP) is 2.80. The molecular weight excluding hydrogens is 336 g/mol. The summed E-state index contributed by atoms with van der Waals surface area (Å²) in [5.74, 6) is -0.134. The molecule has 1 heterocycles. The number of nitrogens with one attached hydrogen (secondary N) is 2. The van der Waals surface area contributed by atoms with E-state index in [1.54, 1.807) is 30.5 Å². The monoisotopic (exact) mass is 356 g/mol. The fourth-order valence-corrected chi connectivity index (χ4v) is 3.35. The molecule has 0 aromatic heterocycles. The van der Waals surface area contributed by atoms with Crippen molar-refractivity contribution < 1.29 is 13.8 Å². The second kappa shape index (κ2) is 7.19. The van der Waals surface area contributed by atoms with Gasteiger partial charge in [0, 0.05) is 39.6 Å². The summed E-state index contributed by atoms with van der Waals surface area (Å²) in [6.45, 7) is 1.93. The van der Waals surface area contributed by atoms with Gasteiger partial charge >= 0.3 is 0 Å². The van der Waals surface area contributed by atoms with E-state index in [0.29, 0.717) is 23.3 Å². The molecule has 1 aliphatic rings. The number of aryl methyl sites for hydroxylation is 1. The summed E-state index contributed by atoms with van der Waals surface area (Å²) >= 11 is 0. The molecule has 2 N–H and O–H groups in total. The number of anilines is 1. The van der Waals surface area contributed by atoms with Gasteiger partial charge in [-0.1, -0.05) is 12.1 Å². The Bertz CT molecular complexity index is 846. The van der Waals surface area contributed by atoms with Gasteiger partial charge in [0.05, 0.1) is 6.04 Å². The predicted molar refractivity (Wildman–Crippen MR) is 98.0 cm³/mol. The molecule has 6 heteroatoms. The zero-order valence-corrected chi connectivity index (χ0v) is 15.0. The first kappa shape index (κ1) is 17.4. The zero-order chi connectivity index (χ0) is 18.0. The van der Waals surface area contributed by atoms with Gasteiger partial charge in [-0.25, -0.2) is 0 Å². The van der Waals surface area contributed by atoms with E-state index in [4.69, 9.17) is 0 Å². The molecule has 0 fully saturated rings. The minimum absolute atomic E-state index is 0.0399. The van der Waals surface area contributed by atoms with E-state index in [-0.39, 0.29) is 17.9 Å². The number of amides is 2. The molecule has 2 amide bonds. The Hall–Kier alpha value is -2.47. The van der Waals surface area contributed by atoms with Crippen LogP contribution < -0.4 is 10.6 Å². The lowest BCUT2D eigenvalue weighted by molar-refractivity contribution is -0.116. The van der Waals surface area contributed by atoms with E-state index < -0.39 is 10.8 Å². The number of carbonyl (C=O) groups is 2. The summed E-state index contributed by atoms with van der Waals surface area (Å²) in [6, 6.07) is 12.4. The lowest BCUT2D eigenvalue weighted by atomic mass is 9.97. The maximum absolute atomic E-state index is 12.4. The number of fused-ring (bicyclic) bond motifs is 1. The number of benzene rings is 2. The molecule has 0 saturated heterocycles. The van der Waals surface area contributed by atoms with Crippen LogP contribution in [0.4, 0.5) is 5.69 Å². The molecule has 130 valence electrons. The summed E-state index contributed by atoms with van der Waals surface area (Å²) in [7, 11) is -1.06. The summed E-state index contributed by atoms with van der Waals surface area (Å²) in [6.07, 6.45) is 2.81. The van der Waals surface area contributed by atoms with Gasteiger partial charge in [0.2, 0.25) is 5.91 Å². The highest BCUT2D eigenvalue weighted by molar-refractivity contribution is 7.84. The maximum atomic E-state index is 12.4. The van der Waals surface area contributed by atoms with Crippen LogP contribution in [0.15, 0.2) is 47.4 Å². The standard InChI is InChI=1S/C19H20N2O3S/c1-12(14-5-9-17-15(11-14)6-10-18(22)21-17)20-19(23)13-3-7-16(8-4-13)25(2)24/h3-5,7-9,11-12H,6,10H2,1-2H3,(H,20,23)(H,21,22)/t12-,25-/m1/s1. The van der Waals surface area contributed by atoms with E-state index >= 15 is 0 Å². The van der Waals surface area contributed by atoms with Crippen LogP contribution in [0.2, 0.25) is 0 Å². The largest absolute Gasteiger partial charge is 0.346 e. The van der Waals surface area contributed by atoms with Crippen molar-refractivity contribution >= 4 is 28.3 Å². The number of hydrogen-bond donors (Lipinski definition) is 2. The van der Waals surface area contributed by atoms with Crippen LogP contribution in [0.25, 0.3) is 0 Å². The molecule has 1 aliphatic heterocycles. The molecule has 0 aliphatic carbocycles. The molecule has 25 heavy (non-hydrogen) atoms. The highest BCUT2D eigenvalue weighted by Crippen LogP contribution is 2.26. The van der Waals surface area contributed by atoms with E-state index in [0.717, 1.165) is 16.8 Å². The Balaban J connectivity index is 1.71. The van der Waals surface area contributed by atoms with Crippen molar-refractivity contribution in [1.82, 2.24) is 5.32 Å². The second-order valence-corrected chi connectivity index (χ2v) is 7.52. The first-order valence-electron chi connectivity index (χ1n) is 8.11. The van der Waals surface area contributed by atoms with Crippen LogP contribution in [0.1, 0.15) is 40.9 Å². The van der Waals surface area contributed by atoms with Crippen molar-refractivity contribution in [3.63, 3.8) is 0 Å². The van der Waals surface area contributed by atoms with Gasteiger partial charge in [-0.3, -0.25) is 13.8 Å². The van der Waals surface area contributed by atoms with Crippen molar-refractivity contribution in [2.24, 2.45) is 0 Å². The highest BCUT2D eigenvalue weighted by Gasteiger charge is 2.17. The first-order chi connectivity index (χ1) is 11.9. The molecule has 0 saturated carbocycles. The lowest BCUT2D eigenvalue weighted by Gasteiger charge is -2.20. The topological polar surface area (TPSA) is 75.3 Å². The third kappa shape index (κ3) is 3.96. The molecule has 0 radical (unpaired) electrons. The first-order valence-corrected chi connectivity index (χ1v) is 9.67. The van der Waals surface area contributed by atoms with Crippen LogP contribution >= 0.6 is 0 Å². The van der Waals surface area contributed by atoms with Crippen molar-refractivity contribution in [2.75, 3.05) is 11.6 Å². The molecular formula is C19H20N2O3S. The summed E-state index contributed by atoms with van der Waals surface area (Å²) in [5, 5.41) is 5.83. The van der Waals surface area contributed by atoms with Crippen LogP contribution in [-0.4, -0.2) is 22.3 Å². The Kier molecular flexibility index (Phi) is 4.99. The fourth-order valence-electron chi connectivity index (χ4n) is 2.83. The Morgan fingerprint density at radius 3 is 2.56 bits per heavy atom. The molecule has 0 unspecified atom stereocenters. The van der Waals surface area contributed by atoms with Gasteiger partial charge in [0.15, 0.2) is 0 Å². The van der Waals surface area contributed by atoms with Crippen molar-refractivity contribution in [3.05, 3.63) is 59.2 Å². The van der Waals surface area contributed by atoms with E-state index in [9.17, 15) is 13.8 Å². The fraction of sp³-hybridized carbons (Fsp3) is 0.263. The number of hydrogen-bond acceptors (Lipinski definition) is 3. The quantitative estimate of drug-likeness (QED) is 0.884. The van der Waals surface area contributed by atoms with E-state index in [2.05, 4.69) is 10.6 Å². The smallest absolute Gasteiger partial charge is 0.251 e. The van der Waals surface area contributed by atoms with E-state index in [1.807, 2.05) is 25.1 Å². The van der Waals surface area contributed by atoms with Crippen molar-refractivity contribution in [1.29, 1.82) is 0 Å². The van der Waals surface area contributed by atoms with Gasteiger partial charge in [0.1, 0.15) is 0 Å². The van der Waals surface area contributed by atoms with Crippen molar-refractivity contribution in [2.45, 2.75) is 30.7 Å².